The van der Waals surface area contributed by atoms with Crippen molar-refractivity contribution >= 4 is 27.6 Å². The highest BCUT2D eigenvalue weighted by Gasteiger charge is 2.40. The van der Waals surface area contributed by atoms with Gasteiger partial charge in [-0.15, -0.1) is 0 Å². The molecule has 0 radical (unpaired) electrons. The van der Waals surface area contributed by atoms with Gasteiger partial charge in [-0.1, -0.05) is 39.3 Å². The number of allylic oxidation sites excluding steroid dienone is 4. The van der Waals surface area contributed by atoms with Crippen molar-refractivity contribution in [2.24, 2.45) is 5.92 Å². The number of hydrogen-bond acceptors (Lipinski definition) is 5. The van der Waals surface area contributed by atoms with Crippen LogP contribution < -0.4 is 5.32 Å². The summed E-state index contributed by atoms with van der Waals surface area (Å²) in [5.74, 6) is 0.0325. The average molecular weight is 474 g/mol. The molecule has 0 aliphatic heterocycles. The third-order valence-corrected chi connectivity index (χ3v) is 6.36. The second kappa shape index (κ2) is 8.00. The maximum absolute atomic E-state index is 13.2. The number of nitrogens with one attached hydrogen (secondary N) is 2. The molecule has 2 aliphatic carbocycles. The largest absolute Gasteiger partial charge is 0.388 e. The maximum atomic E-state index is 13.2. The van der Waals surface area contributed by atoms with E-state index in [1.54, 1.807) is 13.8 Å². The van der Waals surface area contributed by atoms with Gasteiger partial charge in [-0.05, 0) is 45.1 Å². The van der Waals surface area contributed by atoms with Gasteiger partial charge in [-0.25, -0.2) is 0 Å². The van der Waals surface area contributed by atoms with Gasteiger partial charge in [-0.2, -0.15) is 0 Å². The van der Waals surface area contributed by atoms with E-state index in [0.29, 0.717) is 29.0 Å². The van der Waals surface area contributed by atoms with Gasteiger partial charge in [0.1, 0.15) is 17.1 Å². The smallest absolute Gasteiger partial charge is 0.267 e. The van der Waals surface area contributed by atoms with E-state index in [4.69, 9.17) is 4.52 Å². The molecule has 2 heterocycles. The van der Waals surface area contributed by atoms with E-state index in [1.165, 1.54) is 12.3 Å². The van der Waals surface area contributed by atoms with Crippen LogP contribution in [0.25, 0.3) is 0 Å². The van der Waals surface area contributed by atoms with Crippen molar-refractivity contribution in [2.75, 3.05) is 6.54 Å². The summed E-state index contributed by atoms with van der Waals surface area (Å²) in [4.78, 5) is 28.5. The summed E-state index contributed by atoms with van der Waals surface area (Å²) in [6.07, 6.45) is 10.1. The number of carbonyl (C=O) groups excluding carboxylic acids is 2. The first kappa shape index (κ1) is 20.8. The minimum Gasteiger partial charge on any atom is -0.388 e. The number of aromatic amines is 1. The number of aliphatic hydroxyl groups is 1. The highest BCUT2D eigenvalue weighted by atomic mass is 79.9. The molecular formula is C22H24BrN3O4. The summed E-state index contributed by atoms with van der Waals surface area (Å²) in [7, 11) is 0. The van der Waals surface area contributed by atoms with E-state index >= 15 is 0 Å². The molecule has 8 heteroatoms. The summed E-state index contributed by atoms with van der Waals surface area (Å²) in [6, 6.07) is 1.52. The molecule has 3 N–H and O–H groups in total. The number of halogens is 1. The lowest BCUT2D eigenvalue weighted by Crippen LogP contribution is -2.42. The van der Waals surface area contributed by atoms with Gasteiger partial charge in [0.25, 0.3) is 5.91 Å². The highest BCUT2D eigenvalue weighted by Crippen LogP contribution is 2.39. The molecule has 0 bridgehead atoms. The van der Waals surface area contributed by atoms with E-state index in [1.807, 2.05) is 18.2 Å². The molecule has 1 fully saturated rings. The number of carbonyl (C=O) groups is 2. The topological polar surface area (TPSA) is 108 Å². The minimum atomic E-state index is -0.910. The van der Waals surface area contributed by atoms with Crippen molar-refractivity contribution in [2.45, 2.75) is 44.6 Å². The normalized spacial score (nSPS) is 20.5. The first-order valence-electron chi connectivity index (χ1n) is 10.00. The molecule has 30 heavy (non-hydrogen) atoms. The van der Waals surface area contributed by atoms with E-state index in [0.717, 1.165) is 17.3 Å². The van der Waals surface area contributed by atoms with Crippen LogP contribution in [-0.2, 0) is 0 Å². The lowest BCUT2D eigenvalue weighted by Gasteiger charge is -2.22. The Morgan fingerprint density at radius 1 is 1.43 bits per heavy atom. The molecule has 2 aromatic heterocycles. The first-order valence-corrected chi connectivity index (χ1v) is 10.8. The Morgan fingerprint density at radius 3 is 2.87 bits per heavy atom. The van der Waals surface area contributed by atoms with Crippen LogP contribution in [0.2, 0.25) is 0 Å². The van der Waals surface area contributed by atoms with Gasteiger partial charge in [0.05, 0.1) is 11.2 Å². The fraction of sp³-hybridized carbons (Fsp3) is 0.409. The van der Waals surface area contributed by atoms with Crippen molar-refractivity contribution < 1.29 is 19.2 Å². The minimum absolute atomic E-state index is 0.0472. The molecule has 2 atom stereocenters. The Kier molecular flexibility index (Phi) is 5.55. The Bertz CT molecular complexity index is 1040. The molecule has 0 spiro atoms. The van der Waals surface area contributed by atoms with Crippen LogP contribution in [0.3, 0.4) is 0 Å². The molecule has 1 saturated carbocycles. The van der Waals surface area contributed by atoms with Crippen LogP contribution in [-0.4, -0.2) is 39.1 Å². The van der Waals surface area contributed by atoms with Crippen molar-refractivity contribution in [3.8, 4) is 0 Å². The Labute approximate surface area is 182 Å². The van der Waals surface area contributed by atoms with E-state index in [2.05, 4.69) is 31.4 Å². The van der Waals surface area contributed by atoms with Crippen LogP contribution in [0.1, 0.15) is 70.0 Å². The van der Waals surface area contributed by atoms with Crippen LogP contribution in [0.5, 0.6) is 0 Å². The lowest BCUT2D eigenvalue weighted by atomic mass is 9.91. The van der Waals surface area contributed by atoms with Gasteiger partial charge >= 0.3 is 0 Å². The quantitative estimate of drug-likeness (QED) is 0.530. The number of H-pyrrole nitrogens is 1. The van der Waals surface area contributed by atoms with Crippen LogP contribution in [0.15, 0.2) is 39.5 Å². The van der Waals surface area contributed by atoms with Gasteiger partial charge in [0.15, 0.2) is 5.78 Å². The van der Waals surface area contributed by atoms with Crippen molar-refractivity contribution in [1.82, 2.24) is 15.5 Å². The van der Waals surface area contributed by atoms with E-state index in [-0.39, 0.29) is 35.8 Å². The highest BCUT2D eigenvalue weighted by molar-refractivity contribution is 9.11. The molecule has 0 saturated heterocycles. The average Bonchev–Trinajstić information content (AvgIpc) is 3.36. The van der Waals surface area contributed by atoms with Crippen LogP contribution >= 0.6 is 15.9 Å². The maximum Gasteiger partial charge on any atom is 0.267 e. The zero-order valence-corrected chi connectivity index (χ0v) is 18.5. The Morgan fingerprint density at radius 2 is 2.20 bits per heavy atom. The van der Waals surface area contributed by atoms with Crippen molar-refractivity contribution in [3.63, 3.8) is 0 Å². The van der Waals surface area contributed by atoms with Crippen LogP contribution in [0, 0.1) is 12.8 Å². The monoisotopic (exact) mass is 473 g/mol. The number of amides is 1. The van der Waals surface area contributed by atoms with Crippen LogP contribution in [0.4, 0.5) is 0 Å². The first-order chi connectivity index (χ1) is 14.3. The fourth-order valence-corrected chi connectivity index (χ4v) is 4.06. The number of aryl methyl sites for hydroxylation is 1. The Hall–Kier alpha value is -2.45. The molecule has 7 nitrogen and oxygen atoms in total. The molecule has 0 aromatic carbocycles. The summed E-state index contributed by atoms with van der Waals surface area (Å²) >= 11 is 3.44. The summed E-state index contributed by atoms with van der Waals surface area (Å²) in [6.45, 7) is 3.62. The number of hydrogen-bond donors (Lipinski definition) is 3. The molecule has 2 unspecified atom stereocenters. The number of nitrogens with zero attached hydrogens (tertiary/aromatic N) is 1. The molecular weight excluding hydrogens is 450 g/mol. The second-order valence-corrected chi connectivity index (χ2v) is 9.15. The van der Waals surface area contributed by atoms with Crippen molar-refractivity contribution in [3.05, 3.63) is 63.2 Å². The zero-order valence-electron chi connectivity index (χ0n) is 16.9. The van der Waals surface area contributed by atoms with Gasteiger partial charge in [0.2, 0.25) is 0 Å². The predicted molar refractivity (Wildman–Crippen MR) is 115 cm³/mol. The SMILES string of the molecule is Cc1onc(C2C=CC(Br)=CC2)c1C(=O)c1c[nH]c(C(=O)NCC(C)(O)C2CC2)c1. The lowest BCUT2D eigenvalue weighted by molar-refractivity contribution is 0.0353. The van der Waals surface area contributed by atoms with E-state index in [9.17, 15) is 14.7 Å². The molecule has 1 amide bonds. The van der Waals surface area contributed by atoms with Gasteiger partial charge < -0.3 is 19.9 Å². The molecule has 158 valence electrons. The summed E-state index contributed by atoms with van der Waals surface area (Å²) in [5.41, 5.74) is 0.742. The standard InChI is InChI=1S/C22H24BrN3O4/c1-12-18(19(26-30-12)13-3-7-16(23)8-4-13)20(27)14-9-17(24-10-14)21(28)25-11-22(2,29)15-5-6-15/h3,7-10,13,15,24,29H,4-6,11H2,1-2H3,(H,25,28). The Balaban J connectivity index is 1.49. The predicted octanol–water partition coefficient (Wildman–Crippen LogP) is 3.76. The third-order valence-electron chi connectivity index (χ3n) is 5.78. The van der Waals surface area contributed by atoms with Gasteiger partial charge in [-0.3, -0.25) is 9.59 Å². The second-order valence-electron chi connectivity index (χ2n) is 8.23. The number of rotatable bonds is 7. The summed E-state index contributed by atoms with van der Waals surface area (Å²) < 4.78 is 6.32. The molecule has 2 aliphatic rings. The molecule has 4 rings (SSSR count). The van der Waals surface area contributed by atoms with Crippen molar-refractivity contribution in [1.29, 1.82) is 0 Å². The fourth-order valence-electron chi connectivity index (χ4n) is 3.72. The summed E-state index contributed by atoms with van der Waals surface area (Å²) in [5, 5.41) is 17.2. The zero-order chi connectivity index (χ0) is 21.5. The number of aromatic nitrogens is 2. The number of ketones is 1. The molecule has 2 aromatic rings. The third kappa shape index (κ3) is 4.20. The van der Waals surface area contributed by atoms with E-state index < -0.39 is 5.60 Å². The van der Waals surface area contributed by atoms with Gasteiger partial charge in [0, 0.05) is 28.7 Å².